The maximum absolute atomic E-state index is 14.8. The predicted molar refractivity (Wildman–Crippen MR) is 114 cm³/mol. The Kier molecular flexibility index (Phi) is 5.52. The standard InChI is InChI=1S/C22H14ClF2N5O/c23-18-8-14(4-5-19(18)24)29-21-13(10-26)11-28-22-17(21)7-15(9-20(22)25)27-12-16-3-1-2-6-30(16)31/h1-9,11,27H,12H2,(H,28,29). The minimum absolute atomic E-state index is 0.0545. The number of aromatic nitrogens is 2. The monoisotopic (exact) mass is 437 g/mol. The summed E-state index contributed by atoms with van der Waals surface area (Å²) >= 11 is 5.84. The molecule has 0 aliphatic carbocycles. The maximum atomic E-state index is 14.8. The highest BCUT2D eigenvalue weighted by Gasteiger charge is 2.15. The number of hydrogen-bond acceptors (Lipinski definition) is 5. The van der Waals surface area contributed by atoms with Crippen LogP contribution in [-0.4, -0.2) is 4.98 Å². The second-order valence-corrected chi connectivity index (χ2v) is 7.05. The van der Waals surface area contributed by atoms with Crippen molar-refractivity contribution in [1.29, 1.82) is 5.26 Å². The summed E-state index contributed by atoms with van der Waals surface area (Å²) in [6.07, 6.45) is 2.63. The van der Waals surface area contributed by atoms with Gasteiger partial charge in [0.2, 0.25) is 5.69 Å². The molecule has 0 amide bonds. The summed E-state index contributed by atoms with van der Waals surface area (Å²) in [7, 11) is 0. The Bertz CT molecular complexity index is 1340. The minimum atomic E-state index is -0.604. The van der Waals surface area contributed by atoms with Crippen LogP contribution in [0.1, 0.15) is 11.3 Å². The maximum Gasteiger partial charge on any atom is 0.211 e. The molecule has 31 heavy (non-hydrogen) atoms. The van der Waals surface area contributed by atoms with Crippen molar-refractivity contribution in [3.63, 3.8) is 0 Å². The number of nitrogens with one attached hydrogen (secondary N) is 2. The van der Waals surface area contributed by atoms with E-state index in [1.54, 1.807) is 24.3 Å². The second kappa shape index (κ2) is 8.42. The molecule has 9 heteroatoms. The summed E-state index contributed by atoms with van der Waals surface area (Å²) in [6.45, 7) is 0.164. The highest BCUT2D eigenvalue weighted by molar-refractivity contribution is 6.31. The zero-order chi connectivity index (χ0) is 22.0. The van der Waals surface area contributed by atoms with E-state index in [0.717, 1.165) is 0 Å². The van der Waals surface area contributed by atoms with E-state index in [1.165, 1.54) is 36.7 Å². The van der Waals surface area contributed by atoms with Gasteiger partial charge < -0.3 is 15.8 Å². The lowest BCUT2D eigenvalue weighted by atomic mass is 10.1. The Morgan fingerprint density at radius 1 is 1.10 bits per heavy atom. The molecule has 0 unspecified atom stereocenters. The van der Waals surface area contributed by atoms with E-state index in [2.05, 4.69) is 15.6 Å². The first kappa shape index (κ1) is 20.3. The number of anilines is 3. The third-order valence-corrected chi connectivity index (χ3v) is 4.90. The molecule has 0 aliphatic rings. The van der Waals surface area contributed by atoms with Crippen LogP contribution < -0.4 is 15.4 Å². The van der Waals surface area contributed by atoms with E-state index in [9.17, 15) is 19.2 Å². The first-order valence-corrected chi connectivity index (χ1v) is 9.49. The number of fused-ring (bicyclic) bond motifs is 1. The van der Waals surface area contributed by atoms with Gasteiger partial charge in [0.05, 0.1) is 16.3 Å². The molecule has 0 radical (unpaired) electrons. The molecule has 2 aromatic heterocycles. The quantitative estimate of drug-likeness (QED) is 0.338. The fourth-order valence-corrected chi connectivity index (χ4v) is 3.27. The van der Waals surface area contributed by atoms with Crippen LogP contribution in [0.3, 0.4) is 0 Å². The highest BCUT2D eigenvalue weighted by Crippen LogP contribution is 2.33. The van der Waals surface area contributed by atoms with Gasteiger partial charge in [0.1, 0.15) is 23.9 Å². The van der Waals surface area contributed by atoms with Crippen LogP contribution in [0.2, 0.25) is 5.02 Å². The second-order valence-electron chi connectivity index (χ2n) is 6.64. The largest absolute Gasteiger partial charge is 0.618 e. The third-order valence-electron chi connectivity index (χ3n) is 4.61. The Balaban J connectivity index is 1.76. The van der Waals surface area contributed by atoms with E-state index >= 15 is 0 Å². The van der Waals surface area contributed by atoms with Crippen LogP contribution in [0.25, 0.3) is 10.9 Å². The normalized spacial score (nSPS) is 10.6. The first-order chi connectivity index (χ1) is 15.0. The molecule has 6 nitrogen and oxygen atoms in total. The Morgan fingerprint density at radius 3 is 2.68 bits per heavy atom. The van der Waals surface area contributed by atoms with Gasteiger partial charge in [-0.15, -0.1) is 0 Å². The molecule has 2 N–H and O–H groups in total. The van der Waals surface area contributed by atoms with Crippen LogP contribution in [0.4, 0.5) is 25.8 Å². The van der Waals surface area contributed by atoms with Gasteiger partial charge in [-0.1, -0.05) is 11.6 Å². The van der Waals surface area contributed by atoms with E-state index in [-0.39, 0.29) is 22.6 Å². The zero-order valence-electron chi connectivity index (χ0n) is 15.9. The summed E-state index contributed by atoms with van der Waals surface area (Å²) in [5.41, 5.74) is 1.79. The molecule has 154 valence electrons. The van der Waals surface area contributed by atoms with Crippen molar-refractivity contribution in [1.82, 2.24) is 4.98 Å². The van der Waals surface area contributed by atoms with Gasteiger partial charge in [-0.25, -0.2) is 8.78 Å². The summed E-state index contributed by atoms with van der Waals surface area (Å²) < 4.78 is 29.0. The van der Waals surface area contributed by atoms with Crippen LogP contribution in [-0.2, 0) is 6.54 Å². The number of nitrogens with zero attached hydrogens (tertiary/aromatic N) is 3. The van der Waals surface area contributed by atoms with Gasteiger partial charge in [-0.2, -0.15) is 9.99 Å². The van der Waals surface area contributed by atoms with Crippen molar-refractivity contribution in [2.45, 2.75) is 6.54 Å². The van der Waals surface area contributed by atoms with Gasteiger partial charge >= 0.3 is 0 Å². The summed E-state index contributed by atoms with van der Waals surface area (Å²) in [4.78, 5) is 4.05. The van der Waals surface area contributed by atoms with E-state index in [1.807, 2.05) is 6.07 Å². The Labute approximate surface area is 180 Å². The number of pyridine rings is 2. The number of nitriles is 1. The molecule has 4 aromatic rings. The van der Waals surface area contributed by atoms with E-state index in [0.29, 0.717) is 32.9 Å². The Hall–Kier alpha value is -3.96. The molecule has 0 saturated heterocycles. The van der Waals surface area contributed by atoms with Crippen molar-refractivity contribution in [2.24, 2.45) is 0 Å². The van der Waals surface area contributed by atoms with Gasteiger partial charge in [-0.05, 0) is 36.4 Å². The zero-order valence-corrected chi connectivity index (χ0v) is 16.6. The SMILES string of the molecule is N#Cc1cnc2c(F)cc(NCc3cccc[n+]3[O-])cc2c1Nc1ccc(F)c(Cl)c1. The summed E-state index contributed by atoms with van der Waals surface area (Å²) in [5.74, 6) is -1.19. The van der Waals surface area contributed by atoms with Crippen LogP contribution in [0.15, 0.2) is 60.9 Å². The molecular weight excluding hydrogens is 424 g/mol. The van der Waals surface area contributed by atoms with E-state index < -0.39 is 11.6 Å². The van der Waals surface area contributed by atoms with Crippen molar-refractivity contribution < 1.29 is 13.5 Å². The third kappa shape index (κ3) is 4.17. The summed E-state index contributed by atoms with van der Waals surface area (Å²) in [5, 5.41) is 27.6. The number of halogens is 3. The fraction of sp³-hybridized carbons (Fsp3) is 0.0455. The lowest BCUT2D eigenvalue weighted by Crippen LogP contribution is -2.32. The van der Waals surface area contributed by atoms with Crippen LogP contribution >= 0.6 is 11.6 Å². The van der Waals surface area contributed by atoms with Crippen LogP contribution in [0, 0.1) is 28.2 Å². The van der Waals surface area contributed by atoms with Gasteiger partial charge in [0, 0.05) is 35.1 Å². The summed E-state index contributed by atoms with van der Waals surface area (Å²) in [6, 6.07) is 13.9. The van der Waals surface area contributed by atoms with Gasteiger partial charge in [0.15, 0.2) is 12.0 Å². The lowest BCUT2D eigenvalue weighted by molar-refractivity contribution is -0.613. The smallest absolute Gasteiger partial charge is 0.211 e. The Morgan fingerprint density at radius 2 is 1.94 bits per heavy atom. The van der Waals surface area contributed by atoms with Gasteiger partial charge in [-0.3, -0.25) is 4.98 Å². The average molecular weight is 438 g/mol. The fourth-order valence-electron chi connectivity index (χ4n) is 3.09. The van der Waals surface area contributed by atoms with Crippen molar-refractivity contribution in [2.75, 3.05) is 10.6 Å². The molecular formula is C22H14ClF2N5O. The molecule has 0 spiro atoms. The number of rotatable bonds is 5. The minimum Gasteiger partial charge on any atom is -0.618 e. The lowest BCUT2D eigenvalue weighted by Gasteiger charge is -2.14. The molecule has 0 fully saturated rings. The van der Waals surface area contributed by atoms with Crippen LogP contribution in [0.5, 0.6) is 0 Å². The predicted octanol–water partition coefficient (Wildman–Crippen LogP) is 5.03. The molecule has 0 saturated carbocycles. The molecule has 0 bridgehead atoms. The van der Waals surface area contributed by atoms with Crippen molar-refractivity contribution in [3.8, 4) is 6.07 Å². The van der Waals surface area contributed by atoms with Crippen molar-refractivity contribution in [3.05, 3.63) is 94.0 Å². The topological polar surface area (TPSA) is 87.7 Å². The van der Waals surface area contributed by atoms with E-state index in [4.69, 9.17) is 11.6 Å². The van der Waals surface area contributed by atoms with Crippen molar-refractivity contribution >= 4 is 39.6 Å². The van der Waals surface area contributed by atoms with Gasteiger partial charge in [0.25, 0.3) is 0 Å². The average Bonchev–Trinajstić information content (AvgIpc) is 2.76. The molecule has 0 aliphatic heterocycles. The molecule has 4 rings (SSSR count). The highest BCUT2D eigenvalue weighted by atomic mass is 35.5. The number of hydrogen-bond donors (Lipinski definition) is 2. The molecule has 2 heterocycles. The molecule has 2 aromatic carbocycles. The molecule has 0 atom stereocenters. The first-order valence-electron chi connectivity index (χ1n) is 9.11. The number of benzene rings is 2.